The molecule has 0 bridgehead atoms. The first-order valence-corrected chi connectivity index (χ1v) is 5.36. The van der Waals surface area contributed by atoms with Gasteiger partial charge < -0.3 is 10.2 Å². The summed E-state index contributed by atoms with van der Waals surface area (Å²) in [4.78, 5) is 22.0. The molecule has 1 aliphatic rings. The first-order chi connectivity index (χ1) is 8.09. The van der Waals surface area contributed by atoms with Crippen molar-refractivity contribution in [3.8, 4) is 0 Å². The van der Waals surface area contributed by atoms with Gasteiger partial charge in [-0.3, -0.25) is 14.9 Å². The molecule has 1 saturated heterocycles. The van der Waals surface area contributed by atoms with Crippen molar-refractivity contribution in [2.45, 2.75) is 18.5 Å². The van der Waals surface area contributed by atoms with Crippen LogP contribution < -0.4 is 5.32 Å². The number of hydrogen-bond donors (Lipinski definition) is 3. The number of rotatable bonds is 3. The molecule has 0 amide bonds. The molecular formula is C12H13NO4. The summed E-state index contributed by atoms with van der Waals surface area (Å²) < 4.78 is 0. The van der Waals surface area contributed by atoms with Gasteiger partial charge in [0.15, 0.2) is 0 Å². The minimum atomic E-state index is -1.00. The molecule has 17 heavy (non-hydrogen) atoms. The van der Waals surface area contributed by atoms with E-state index in [1.54, 1.807) is 12.1 Å². The van der Waals surface area contributed by atoms with Gasteiger partial charge in [0, 0.05) is 6.04 Å². The Labute approximate surface area is 98.1 Å². The van der Waals surface area contributed by atoms with Gasteiger partial charge in [-0.15, -0.1) is 0 Å². The lowest BCUT2D eigenvalue weighted by molar-refractivity contribution is -0.142. The molecule has 5 nitrogen and oxygen atoms in total. The van der Waals surface area contributed by atoms with Crippen molar-refractivity contribution in [3.63, 3.8) is 0 Å². The van der Waals surface area contributed by atoms with Crippen LogP contribution in [0.15, 0.2) is 30.3 Å². The summed E-state index contributed by atoms with van der Waals surface area (Å²) in [5.41, 5.74) is 0.809. The standard InChI is InChI=1S/C12H13NO4/c14-11(15)8-6-9(12(16)17)13-10(8)7-4-2-1-3-5-7/h1-5,8-10,13H,6H2,(H,14,15)(H,16,17)/t8-,9+,10+/m0/s1. The Morgan fingerprint density at radius 1 is 1.12 bits per heavy atom. The van der Waals surface area contributed by atoms with Gasteiger partial charge >= 0.3 is 11.9 Å². The summed E-state index contributed by atoms with van der Waals surface area (Å²) in [7, 11) is 0. The number of carboxylic acid groups (broad SMARTS) is 2. The SMILES string of the molecule is O=C(O)[C@H]1C[C@H](C(=O)O)N[C@@H]1c1ccccc1. The van der Waals surface area contributed by atoms with Crippen molar-refractivity contribution < 1.29 is 19.8 Å². The first kappa shape index (κ1) is 11.6. The highest BCUT2D eigenvalue weighted by atomic mass is 16.4. The van der Waals surface area contributed by atoms with Gasteiger partial charge in [-0.25, -0.2) is 0 Å². The lowest BCUT2D eigenvalue weighted by atomic mass is 9.94. The number of carbonyl (C=O) groups is 2. The van der Waals surface area contributed by atoms with Crippen LogP contribution in [-0.2, 0) is 9.59 Å². The van der Waals surface area contributed by atoms with Gasteiger partial charge in [-0.05, 0) is 12.0 Å². The molecule has 1 aromatic carbocycles. The van der Waals surface area contributed by atoms with Crippen LogP contribution in [0.2, 0.25) is 0 Å². The van der Waals surface area contributed by atoms with Crippen molar-refractivity contribution >= 4 is 11.9 Å². The second-order valence-corrected chi connectivity index (χ2v) is 4.13. The monoisotopic (exact) mass is 235 g/mol. The summed E-state index contributed by atoms with van der Waals surface area (Å²) in [6.45, 7) is 0. The average molecular weight is 235 g/mol. The van der Waals surface area contributed by atoms with E-state index in [9.17, 15) is 9.59 Å². The first-order valence-electron chi connectivity index (χ1n) is 5.36. The predicted molar refractivity (Wildman–Crippen MR) is 59.5 cm³/mol. The topological polar surface area (TPSA) is 86.6 Å². The summed E-state index contributed by atoms with van der Waals surface area (Å²) in [6.07, 6.45) is 0.115. The van der Waals surface area contributed by atoms with Gasteiger partial charge in [0.05, 0.1) is 5.92 Å². The maximum atomic E-state index is 11.1. The normalized spacial score (nSPS) is 27.9. The maximum absolute atomic E-state index is 11.1. The molecule has 3 N–H and O–H groups in total. The molecule has 0 aliphatic carbocycles. The summed E-state index contributed by atoms with van der Waals surface area (Å²) in [6, 6.07) is 7.84. The fourth-order valence-electron chi connectivity index (χ4n) is 2.20. The third kappa shape index (κ3) is 2.29. The zero-order valence-electron chi connectivity index (χ0n) is 9.04. The lowest BCUT2D eigenvalue weighted by Crippen LogP contribution is -2.32. The highest BCUT2D eigenvalue weighted by Crippen LogP contribution is 2.32. The second-order valence-electron chi connectivity index (χ2n) is 4.13. The number of benzene rings is 1. The zero-order valence-corrected chi connectivity index (χ0v) is 9.04. The molecule has 90 valence electrons. The largest absolute Gasteiger partial charge is 0.481 e. The van der Waals surface area contributed by atoms with Crippen molar-refractivity contribution in [1.82, 2.24) is 5.32 Å². The number of carboxylic acids is 2. The van der Waals surface area contributed by atoms with E-state index in [4.69, 9.17) is 10.2 Å². The third-order valence-electron chi connectivity index (χ3n) is 3.05. The maximum Gasteiger partial charge on any atom is 0.320 e. The summed E-state index contributed by atoms with van der Waals surface area (Å²) in [5.74, 6) is -2.66. The molecule has 3 atom stereocenters. The molecule has 0 aromatic heterocycles. The van der Waals surface area contributed by atoms with Crippen LogP contribution in [-0.4, -0.2) is 28.2 Å². The number of hydrogen-bond acceptors (Lipinski definition) is 3. The fourth-order valence-corrected chi connectivity index (χ4v) is 2.20. The number of aliphatic carboxylic acids is 2. The number of nitrogens with one attached hydrogen (secondary N) is 1. The Bertz CT molecular complexity index is 431. The zero-order chi connectivity index (χ0) is 12.4. The van der Waals surface area contributed by atoms with Crippen molar-refractivity contribution in [2.75, 3.05) is 0 Å². The lowest BCUT2D eigenvalue weighted by Gasteiger charge is -2.16. The minimum absolute atomic E-state index is 0.115. The molecule has 1 aliphatic heterocycles. The Morgan fingerprint density at radius 3 is 2.29 bits per heavy atom. The van der Waals surface area contributed by atoms with E-state index in [-0.39, 0.29) is 6.42 Å². The van der Waals surface area contributed by atoms with Gasteiger partial charge in [0.2, 0.25) is 0 Å². The van der Waals surface area contributed by atoms with E-state index in [0.29, 0.717) is 0 Å². The molecule has 0 unspecified atom stereocenters. The van der Waals surface area contributed by atoms with Crippen molar-refractivity contribution in [3.05, 3.63) is 35.9 Å². The van der Waals surface area contributed by atoms with Gasteiger partial charge in [-0.2, -0.15) is 0 Å². The van der Waals surface area contributed by atoms with Crippen molar-refractivity contribution in [1.29, 1.82) is 0 Å². The van der Waals surface area contributed by atoms with Gasteiger partial charge in [0.25, 0.3) is 0 Å². The van der Waals surface area contributed by atoms with Crippen molar-refractivity contribution in [2.24, 2.45) is 5.92 Å². The Kier molecular flexibility index (Phi) is 3.10. The van der Waals surface area contributed by atoms with Gasteiger partial charge in [-0.1, -0.05) is 30.3 Å². The molecule has 1 aromatic rings. The quantitative estimate of drug-likeness (QED) is 0.723. The highest BCUT2D eigenvalue weighted by Gasteiger charge is 2.41. The van der Waals surface area contributed by atoms with E-state index in [0.717, 1.165) is 5.56 Å². The molecule has 2 rings (SSSR count). The van der Waals surface area contributed by atoms with E-state index in [2.05, 4.69) is 5.32 Å². The molecule has 1 heterocycles. The molecule has 5 heteroatoms. The van der Waals surface area contributed by atoms with Gasteiger partial charge in [0.1, 0.15) is 6.04 Å². The van der Waals surface area contributed by atoms with E-state index >= 15 is 0 Å². The molecule has 1 fully saturated rings. The smallest absolute Gasteiger partial charge is 0.320 e. The van der Waals surface area contributed by atoms with Crippen LogP contribution in [0.25, 0.3) is 0 Å². The highest BCUT2D eigenvalue weighted by molar-refractivity contribution is 5.78. The molecule has 0 saturated carbocycles. The molecule has 0 radical (unpaired) electrons. The summed E-state index contributed by atoms with van der Waals surface area (Å²) >= 11 is 0. The second kappa shape index (κ2) is 4.55. The van der Waals surface area contributed by atoms with Crippen LogP contribution in [0.1, 0.15) is 18.0 Å². The van der Waals surface area contributed by atoms with E-state index in [1.807, 2.05) is 18.2 Å². The van der Waals surface area contributed by atoms with E-state index in [1.165, 1.54) is 0 Å². The van der Waals surface area contributed by atoms with Crippen LogP contribution in [0.4, 0.5) is 0 Å². The summed E-state index contributed by atoms with van der Waals surface area (Å²) in [5, 5.41) is 20.9. The predicted octanol–water partition coefficient (Wildman–Crippen LogP) is 0.875. The fraction of sp³-hybridized carbons (Fsp3) is 0.333. The Balaban J connectivity index is 2.26. The minimum Gasteiger partial charge on any atom is -0.481 e. The van der Waals surface area contributed by atoms with Crippen LogP contribution in [0.3, 0.4) is 0 Å². The van der Waals surface area contributed by atoms with Crippen LogP contribution >= 0.6 is 0 Å². The molecular weight excluding hydrogens is 222 g/mol. The molecule has 0 spiro atoms. The Hall–Kier alpha value is -1.88. The van der Waals surface area contributed by atoms with Crippen LogP contribution in [0.5, 0.6) is 0 Å². The van der Waals surface area contributed by atoms with Crippen LogP contribution in [0, 0.1) is 5.92 Å². The van der Waals surface area contributed by atoms with E-state index < -0.39 is 29.9 Å². The average Bonchev–Trinajstić information content (AvgIpc) is 2.75. The third-order valence-corrected chi connectivity index (χ3v) is 3.05. The Morgan fingerprint density at radius 2 is 1.76 bits per heavy atom.